The number of ether oxygens (including phenoxy) is 1. The molecule has 4 nitrogen and oxygen atoms in total. The number of methoxy groups -OCH3 is 1. The zero-order valence-electron chi connectivity index (χ0n) is 7.87. The molecule has 2 atom stereocenters. The lowest BCUT2D eigenvalue weighted by molar-refractivity contribution is -0.160. The predicted octanol–water partition coefficient (Wildman–Crippen LogP) is 0.280. The van der Waals surface area contributed by atoms with E-state index < -0.39 is 17.5 Å². The predicted molar refractivity (Wildman–Crippen MR) is 45.0 cm³/mol. The van der Waals surface area contributed by atoms with E-state index >= 15 is 0 Å². The highest BCUT2D eigenvalue weighted by atomic mass is 16.5. The van der Waals surface area contributed by atoms with Crippen LogP contribution in [0.4, 0.5) is 0 Å². The summed E-state index contributed by atoms with van der Waals surface area (Å²) in [7, 11) is 1.20. The van der Waals surface area contributed by atoms with E-state index in [1.807, 2.05) is 0 Å². The fraction of sp³-hybridized carbons (Fsp3) is 0.778. The van der Waals surface area contributed by atoms with Crippen LogP contribution >= 0.6 is 0 Å². The summed E-state index contributed by atoms with van der Waals surface area (Å²) in [6.07, 6.45) is 0.434. The van der Waals surface area contributed by atoms with Gasteiger partial charge >= 0.3 is 5.97 Å². The standard InChI is InChI=1S/C9H14O4/c1-9(5-3-4-6(9)10)7(11)8(12)13-2/h7,11H,3-5H2,1-2H3. The summed E-state index contributed by atoms with van der Waals surface area (Å²) in [4.78, 5) is 22.4. The molecule has 1 rings (SSSR count). The van der Waals surface area contributed by atoms with E-state index in [2.05, 4.69) is 4.74 Å². The summed E-state index contributed by atoms with van der Waals surface area (Å²) in [5.41, 5.74) is -0.924. The first kappa shape index (κ1) is 10.2. The SMILES string of the molecule is COC(=O)C(O)C1(C)CCCC1=O. The van der Waals surface area contributed by atoms with Gasteiger partial charge in [-0.15, -0.1) is 0 Å². The highest BCUT2D eigenvalue weighted by Crippen LogP contribution is 2.37. The molecule has 0 aromatic rings. The molecule has 1 fully saturated rings. The summed E-state index contributed by atoms with van der Waals surface area (Å²) in [5, 5.41) is 9.55. The number of esters is 1. The van der Waals surface area contributed by atoms with Crippen LogP contribution in [0.1, 0.15) is 26.2 Å². The number of hydrogen-bond acceptors (Lipinski definition) is 4. The lowest BCUT2D eigenvalue weighted by atomic mass is 9.81. The molecular formula is C9H14O4. The normalized spacial score (nSPS) is 30.2. The molecule has 0 aromatic carbocycles. The van der Waals surface area contributed by atoms with E-state index in [1.54, 1.807) is 6.92 Å². The molecule has 74 valence electrons. The third kappa shape index (κ3) is 1.58. The molecular weight excluding hydrogens is 172 g/mol. The number of carbonyl (C=O) groups is 2. The Labute approximate surface area is 76.9 Å². The Balaban J connectivity index is 2.79. The Morgan fingerprint density at radius 1 is 1.69 bits per heavy atom. The first-order chi connectivity index (χ1) is 6.02. The van der Waals surface area contributed by atoms with E-state index in [0.717, 1.165) is 6.42 Å². The third-order valence-corrected chi connectivity index (χ3v) is 2.76. The van der Waals surface area contributed by atoms with Gasteiger partial charge in [0.05, 0.1) is 12.5 Å². The number of Topliss-reactive ketones (excluding diaryl/α,β-unsaturated/α-hetero) is 1. The van der Waals surface area contributed by atoms with Gasteiger partial charge < -0.3 is 9.84 Å². The molecule has 1 aliphatic rings. The van der Waals surface area contributed by atoms with Crippen molar-refractivity contribution in [3.05, 3.63) is 0 Å². The molecule has 0 amide bonds. The van der Waals surface area contributed by atoms with Crippen molar-refractivity contribution in [2.45, 2.75) is 32.3 Å². The molecule has 1 N–H and O–H groups in total. The minimum Gasteiger partial charge on any atom is -0.467 e. The highest BCUT2D eigenvalue weighted by Gasteiger charge is 2.47. The van der Waals surface area contributed by atoms with Crippen molar-refractivity contribution in [3.63, 3.8) is 0 Å². The van der Waals surface area contributed by atoms with Crippen LogP contribution in [-0.4, -0.2) is 30.1 Å². The van der Waals surface area contributed by atoms with Gasteiger partial charge in [0.15, 0.2) is 6.10 Å². The van der Waals surface area contributed by atoms with Gasteiger partial charge in [-0.3, -0.25) is 4.79 Å². The topological polar surface area (TPSA) is 63.6 Å². The largest absolute Gasteiger partial charge is 0.467 e. The number of rotatable bonds is 2. The summed E-state index contributed by atoms with van der Waals surface area (Å²) in [5.74, 6) is -0.775. The number of aliphatic hydroxyl groups is 1. The van der Waals surface area contributed by atoms with Gasteiger partial charge in [-0.25, -0.2) is 4.79 Å². The molecule has 0 bridgehead atoms. The Hall–Kier alpha value is -0.900. The fourth-order valence-electron chi connectivity index (χ4n) is 1.70. The number of aliphatic hydroxyl groups excluding tert-OH is 1. The Bertz CT molecular complexity index is 236. The van der Waals surface area contributed by atoms with Crippen LogP contribution < -0.4 is 0 Å². The van der Waals surface area contributed by atoms with E-state index in [4.69, 9.17) is 0 Å². The van der Waals surface area contributed by atoms with Crippen molar-refractivity contribution in [1.82, 2.24) is 0 Å². The van der Waals surface area contributed by atoms with Gasteiger partial charge in [0, 0.05) is 6.42 Å². The van der Waals surface area contributed by atoms with Gasteiger partial charge in [0.2, 0.25) is 0 Å². The summed E-state index contributed by atoms with van der Waals surface area (Å²) in [6.45, 7) is 1.62. The van der Waals surface area contributed by atoms with Crippen LogP contribution in [0.15, 0.2) is 0 Å². The highest BCUT2D eigenvalue weighted by molar-refractivity contribution is 5.92. The lowest BCUT2D eigenvalue weighted by Gasteiger charge is -2.25. The molecule has 4 heteroatoms. The second-order valence-corrected chi connectivity index (χ2v) is 3.62. The molecule has 0 radical (unpaired) electrons. The third-order valence-electron chi connectivity index (χ3n) is 2.76. The quantitative estimate of drug-likeness (QED) is 0.629. The van der Waals surface area contributed by atoms with Crippen molar-refractivity contribution in [2.24, 2.45) is 5.41 Å². The molecule has 0 aromatic heterocycles. The van der Waals surface area contributed by atoms with E-state index in [-0.39, 0.29) is 5.78 Å². The average molecular weight is 186 g/mol. The van der Waals surface area contributed by atoms with Crippen LogP contribution in [-0.2, 0) is 14.3 Å². The molecule has 1 saturated carbocycles. The second-order valence-electron chi connectivity index (χ2n) is 3.62. The van der Waals surface area contributed by atoms with Crippen molar-refractivity contribution in [2.75, 3.05) is 7.11 Å². The van der Waals surface area contributed by atoms with E-state index in [0.29, 0.717) is 12.8 Å². The minimum atomic E-state index is -1.31. The summed E-state index contributed by atoms with van der Waals surface area (Å²) in [6, 6.07) is 0. The van der Waals surface area contributed by atoms with Crippen LogP contribution in [0.2, 0.25) is 0 Å². The van der Waals surface area contributed by atoms with Crippen molar-refractivity contribution < 1.29 is 19.4 Å². The van der Waals surface area contributed by atoms with Crippen molar-refractivity contribution >= 4 is 11.8 Å². The van der Waals surface area contributed by atoms with E-state index in [9.17, 15) is 14.7 Å². The molecule has 0 saturated heterocycles. The zero-order chi connectivity index (χ0) is 10.1. The van der Waals surface area contributed by atoms with Gasteiger partial charge in [0.25, 0.3) is 0 Å². The van der Waals surface area contributed by atoms with Gasteiger partial charge in [-0.1, -0.05) is 0 Å². The molecule has 0 spiro atoms. The van der Waals surface area contributed by atoms with Crippen LogP contribution in [0.25, 0.3) is 0 Å². The van der Waals surface area contributed by atoms with Crippen LogP contribution in [0.5, 0.6) is 0 Å². The fourth-order valence-corrected chi connectivity index (χ4v) is 1.70. The van der Waals surface area contributed by atoms with Crippen LogP contribution in [0, 0.1) is 5.41 Å². The zero-order valence-corrected chi connectivity index (χ0v) is 7.87. The summed E-state index contributed by atoms with van der Waals surface area (Å²) < 4.78 is 4.40. The Kier molecular flexibility index (Phi) is 2.71. The van der Waals surface area contributed by atoms with Gasteiger partial charge in [0.1, 0.15) is 5.78 Å². The molecule has 13 heavy (non-hydrogen) atoms. The molecule has 1 aliphatic carbocycles. The number of ketones is 1. The summed E-state index contributed by atoms with van der Waals surface area (Å²) >= 11 is 0. The maximum atomic E-state index is 11.4. The van der Waals surface area contributed by atoms with Crippen molar-refractivity contribution in [3.8, 4) is 0 Å². The first-order valence-electron chi connectivity index (χ1n) is 4.31. The number of carbonyl (C=O) groups excluding carboxylic acids is 2. The Morgan fingerprint density at radius 2 is 2.31 bits per heavy atom. The van der Waals surface area contributed by atoms with Crippen molar-refractivity contribution in [1.29, 1.82) is 0 Å². The second kappa shape index (κ2) is 3.46. The maximum Gasteiger partial charge on any atom is 0.335 e. The first-order valence-corrected chi connectivity index (χ1v) is 4.31. The maximum absolute atomic E-state index is 11.4. The monoisotopic (exact) mass is 186 g/mol. The van der Waals surface area contributed by atoms with Gasteiger partial charge in [-0.05, 0) is 19.8 Å². The average Bonchev–Trinajstić information content (AvgIpc) is 2.46. The van der Waals surface area contributed by atoms with Gasteiger partial charge in [-0.2, -0.15) is 0 Å². The minimum absolute atomic E-state index is 0.0506. The smallest absolute Gasteiger partial charge is 0.335 e. The number of hydrogen-bond donors (Lipinski definition) is 1. The van der Waals surface area contributed by atoms with Crippen LogP contribution in [0.3, 0.4) is 0 Å². The molecule has 0 heterocycles. The molecule has 0 aliphatic heterocycles. The molecule has 2 unspecified atom stereocenters. The van der Waals surface area contributed by atoms with E-state index in [1.165, 1.54) is 7.11 Å². The Morgan fingerprint density at radius 3 is 2.69 bits per heavy atom. The lowest BCUT2D eigenvalue weighted by Crippen LogP contribution is -2.42.